The highest BCUT2D eigenvalue weighted by Crippen LogP contribution is 2.29. The monoisotopic (exact) mass is 537 g/mol. The molecule has 9 heteroatoms. The van der Waals surface area contributed by atoms with Crippen molar-refractivity contribution < 1.29 is 9.59 Å². The van der Waals surface area contributed by atoms with Gasteiger partial charge in [0.1, 0.15) is 5.82 Å². The third-order valence-corrected chi connectivity index (χ3v) is 8.01. The van der Waals surface area contributed by atoms with Gasteiger partial charge in [-0.05, 0) is 44.2 Å². The molecule has 0 unspecified atom stereocenters. The van der Waals surface area contributed by atoms with Crippen LogP contribution in [-0.2, 0) is 16.1 Å². The van der Waals surface area contributed by atoms with Crippen LogP contribution in [0.2, 0.25) is 5.02 Å². The van der Waals surface area contributed by atoms with Crippen molar-refractivity contribution in [2.75, 3.05) is 24.5 Å². The molecule has 0 aliphatic carbocycles. The Bertz CT molecular complexity index is 1360. The van der Waals surface area contributed by atoms with Gasteiger partial charge in [-0.1, -0.05) is 43.5 Å². The van der Waals surface area contributed by atoms with E-state index in [1.807, 2.05) is 29.2 Å². The predicted octanol–water partition coefficient (Wildman–Crippen LogP) is 4.95. The Labute approximate surface area is 228 Å². The number of amides is 1. The van der Waals surface area contributed by atoms with Gasteiger partial charge in [0, 0.05) is 61.9 Å². The van der Waals surface area contributed by atoms with E-state index in [1.54, 1.807) is 16.7 Å². The molecule has 2 aliphatic rings. The average Bonchev–Trinajstić information content (AvgIpc) is 3.66. The van der Waals surface area contributed by atoms with Crippen LogP contribution in [0.15, 0.2) is 41.3 Å². The lowest BCUT2D eigenvalue weighted by Crippen LogP contribution is -2.39. The van der Waals surface area contributed by atoms with Gasteiger partial charge in [0.15, 0.2) is 5.78 Å². The SMILES string of the molecule is CCCCCn1c(N2CCC[C@H]2C(=O)CCCN2CCCC2=O)cc(=O)n2cc(-c3ccc(Cl)cc3)nc12. The predicted molar refractivity (Wildman–Crippen MR) is 150 cm³/mol. The maximum Gasteiger partial charge on any atom is 0.261 e. The summed E-state index contributed by atoms with van der Waals surface area (Å²) >= 11 is 6.07. The van der Waals surface area contributed by atoms with E-state index in [0.29, 0.717) is 42.3 Å². The zero-order chi connectivity index (χ0) is 26.6. The molecule has 2 fully saturated rings. The number of ketones is 1. The molecule has 0 spiro atoms. The van der Waals surface area contributed by atoms with Crippen molar-refractivity contribution in [1.82, 2.24) is 18.9 Å². The zero-order valence-corrected chi connectivity index (χ0v) is 22.8. The fourth-order valence-electron chi connectivity index (χ4n) is 5.74. The van der Waals surface area contributed by atoms with Crippen LogP contribution in [0.25, 0.3) is 17.0 Å². The van der Waals surface area contributed by atoms with E-state index >= 15 is 0 Å². The molecule has 5 rings (SSSR count). The number of anilines is 1. The first kappa shape index (κ1) is 26.5. The van der Waals surface area contributed by atoms with Crippen molar-refractivity contribution in [2.24, 2.45) is 0 Å². The second-order valence-electron chi connectivity index (χ2n) is 10.4. The van der Waals surface area contributed by atoms with Gasteiger partial charge >= 0.3 is 0 Å². The highest BCUT2D eigenvalue weighted by Gasteiger charge is 2.33. The van der Waals surface area contributed by atoms with E-state index in [9.17, 15) is 14.4 Å². The quantitative estimate of drug-likeness (QED) is 0.323. The van der Waals surface area contributed by atoms with Gasteiger partial charge in [-0.25, -0.2) is 4.98 Å². The molecule has 2 aromatic heterocycles. The fourth-order valence-corrected chi connectivity index (χ4v) is 5.87. The number of aryl methyl sites for hydroxylation is 1. The number of benzene rings is 1. The lowest BCUT2D eigenvalue weighted by Gasteiger charge is -2.29. The van der Waals surface area contributed by atoms with Crippen molar-refractivity contribution in [3.05, 3.63) is 51.9 Å². The van der Waals surface area contributed by atoms with Crippen LogP contribution in [0.3, 0.4) is 0 Å². The molecule has 1 atom stereocenters. The first-order chi connectivity index (χ1) is 18.5. The number of unbranched alkanes of at least 4 members (excludes halogenated alkanes) is 2. The Balaban J connectivity index is 1.44. The molecule has 202 valence electrons. The highest BCUT2D eigenvalue weighted by atomic mass is 35.5. The van der Waals surface area contributed by atoms with Crippen LogP contribution in [0.4, 0.5) is 5.82 Å². The molecule has 0 bridgehead atoms. The smallest absolute Gasteiger partial charge is 0.261 e. The molecule has 1 amide bonds. The van der Waals surface area contributed by atoms with E-state index in [0.717, 1.165) is 69.5 Å². The summed E-state index contributed by atoms with van der Waals surface area (Å²) in [5.41, 5.74) is 1.45. The van der Waals surface area contributed by atoms with Gasteiger partial charge in [-0.2, -0.15) is 0 Å². The minimum Gasteiger partial charge on any atom is -0.348 e. The number of hydrogen-bond acceptors (Lipinski definition) is 5. The number of likely N-dealkylation sites (tertiary alicyclic amines) is 1. The van der Waals surface area contributed by atoms with Crippen molar-refractivity contribution >= 4 is 34.9 Å². The molecule has 4 heterocycles. The summed E-state index contributed by atoms with van der Waals surface area (Å²) in [7, 11) is 0. The van der Waals surface area contributed by atoms with Gasteiger partial charge in [0.2, 0.25) is 11.7 Å². The van der Waals surface area contributed by atoms with E-state index < -0.39 is 0 Å². The van der Waals surface area contributed by atoms with Crippen LogP contribution < -0.4 is 10.5 Å². The van der Waals surface area contributed by atoms with E-state index in [4.69, 9.17) is 16.6 Å². The van der Waals surface area contributed by atoms with E-state index in [2.05, 4.69) is 16.4 Å². The second kappa shape index (κ2) is 11.7. The molecular weight excluding hydrogens is 502 g/mol. The minimum absolute atomic E-state index is 0.153. The van der Waals surface area contributed by atoms with Crippen molar-refractivity contribution in [3.8, 4) is 11.3 Å². The summed E-state index contributed by atoms with van der Waals surface area (Å²) in [5.74, 6) is 1.76. The molecular formula is C29H36ClN5O3. The molecule has 0 N–H and O–H groups in total. The van der Waals surface area contributed by atoms with Gasteiger partial charge < -0.3 is 9.80 Å². The Kier molecular flexibility index (Phi) is 8.17. The summed E-state index contributed by atoms with van der Waals surface area (Å²) in [6.07, 6.45) is 9.24. The molecule has 1 aromatic carbocycles. The largest absolute Gasteiger partial charge is 0.348 e. The summed E-state index contributed by atoms with van der Waals surface area (Å²) in [6.45, 7) is 5.07. The third-order valence-electron chi connectivity index (χ3n) is 7.76. The maximum atomic E-state index is 13.4. The number of carbonyl (C=O) groups excluding carboxylic acids is 2. The first-order valence-electron chi connectivity index (χ1n) is 13.9. The summed E-state index contributed by atoms with van der Waals surface area (Å²) in [4.78, 5) is 47.5. The average molecular weight is 538 g/mol. The van der Waals surface area contributed by atoms with Crippen LogP contribution in [-0.4, -0.2) is 56.2 Å². The number of fused-ring (bicyclic) bond motifs is 1. The van der Waals surface area contributed by atoms with Gasteiger partial charge in [0.05, 0.1) is 11.7 Å². The fraction of sp³-hybridized carbons (Fsp3) is 0.517. The number of hydrogen-bond donors (Lipinski definition) is 0. The Morgan fingerprint density at radius 2 is 1.87 bits per heavy atom. The maximum absolute atomic E-state index is 13.4. The molecule has 2 saturated heterocycles. The summed E-state index contributed by atoms with van der Waals surface area (Å²) in [5, 5.41) is 0.649. The first-order valence-corrected chi connectivity index (χ1v) is 14.3. The van der Waals surface area contributed by atoms with Crippen LogP contribution in [0.5, 0.6) is 0 Å². The van der Waals surface area contributed by atoms with Crippen molar-refractivity contribution in [1.29, 1.82) is 0 Å². The van der Waals surface area contributed by atoms with Crippen LogP contribution in [0.1, 0.15) is 64.7 Å². The van der Waals surface area contributed by atoms with Gasteiger partial charge in [-0.15, -0.1) is 0 Å². The number of rotatable bonds is 11. The topological polar surface area (TPSA) is 79.9 Å². The number of imidazole rings is 1. The Hall–Kier alpha value is -3.13. The molecule has 2 aliphatic heterocycles. The Morgan fingerprint density at radius 1 is 1.05 bits per heavy atom. The zero-order valence-electron chi connectivity index (χ0n) is 22.1. The Morgan fingerprint density at radius 3 is 2.61 bits per heavy atom. The number of aromatic nitrogens is 3. The lowest BCUT2D eigenvalue weighted by atomic mass is 10.1. The van der Waals surface area contributed by atoms with Crippen LogP contribution >= 0.6 is 11.6 Å². The number of halogens is 1. The van der Waals surface area contributed by atoms with Crippen LogP contribution in [0, 0.1) is 0 Å². The van der Waals surface area contributed by atoms with Crippen molar-refractivity contribution in [2.45, 2.75) is 77.3 Å². The van der Waals surface area contributed by atoms with Gasteiger partial charge in [0.25, 0.3) is 5.56 Å². The van der Waals surface area contributed by atoms with Crippen molar-refractivity contribution in [3.63, 3.8) is 0 Å². The highest BCUT2D eigenvalue weighted by molar-refractivity contribution is 6.30. The van der Waals surface area contributed by atoms with Gasteiger partial charge in [-0.3, -0.25) is 23.4 Å². The summed E-state index contributed by atoms with van der Waals surface area (Å²) < 4.78 is 3.73. The minimum atomic E-state index is -0.255. The molecule has 8 nitrogen and oxygen atoms in total. The molecule has 3 aromatic rings. The second-order valence-corrected chi connectivity index (χ2v) is 10.8. The third kappa shape index (κ3) is 5.51. The van der Waals surface area contributed by atoms with E-state index in [1.165, 1.54) is 0 Å². The normalized spacial score (nSPS) is 17.7. The standard InChI is InChI=1S/C29H36ClN5O3/c1-2-3-4-17-34-26(19-28(38)35-20-23(31-29(34)35)21-11-13-22(30)14-12-21)33-18-5-8-24(33)25(36)9-6-15-32-16-7-10-27(32)37/h11-14,19-20,24H,2-10,15-18H2,1H3/t24-/m0/s1. The molecule has 0 radical (unpaired) electrons. The number of carbonyl (C=O) groups is 2. The molecule has 0 saturated carbocycles. The number of nitrogens with zero attached hydrogens (tertiary/aromatic N) is 5. The molecule has 38 heavy (non-hydrogen) atoms. The number of Topliss-reactive ketones (excluding diaryl/α,β-unsaturated/α-hetero) is 1. The van der Waals surface area contributed by atoms with E-state index in [-0.39, 0.29) is 23.3 Å². The summed E-state index contributed by atoms with van der Waals surface area (Å²) in [6, 6.07) is 8.86. The lowest BCUT2D eigenvalue weighted by molar-refractivity contribution is -0.128.